The van der Waals surface area contributed by atoms with Crippen LogP contribution < -0.4 is 0 Å². The summed E-state index contributed by atoms with van der Waals surface area (Å²) in [4.78, 5) is 121. The molecular formula is C57H89N5O10. The first kappa shape index (κ1) is 72.1. The highest BCUT2D eigenvalue weighted by atomic mass is 16.2. The van der Waals surface area contributed by atoms with Crippen LogP contribution in [0, 0.1) is 0 Å². The molecule has 0 aromatic rings. The van der Waals surface area contributed by atoms with E-state index in [2.05, 4.69) is 45.1 Å². The third kappa shape index (κ3) is 48.5. The van der Waals surface area contributed by atoms with Crippen molar-refractivity contribution in [2.75, 3.05) is 72.0 Å². The first-order valence-electron chi connectivity index (χ1n) is 24.9. The molecule has 0 fully saturated rings. The Labute approximate surface area is 432 Å². The van der Waals surface area contributed by atoms with Crippen LogP contribution in [0.2, 0.25) is 0 Å². The van der Waals surface area contributed by atoms with Gasteiger partial charge in [-0.25, -0.2) is 0 Å². The van der Waals surface area contributed by atoms with Crippen molar-refractivity contribution in [3.8, 4) is 0 Å². The van der Waals surface area contributed by atoms with Crippen LogP contribution in [0.1, 0.15) is 120 Å². The maximum Gasteiger partial charge on any atom is 0.246 e. The van der Waals surface area contributed by atoms with Crippen LogP contribution in [0.15, 0.2) is 111 Å². The van der Waals surface area contributed by atoms with Gasteiger partial charge in [0, 0.05) is 83.2 Å². The fourth-order valence-electron chi connectivity index (χ4n) is 5.81. The number of hydrogen-bond acceptors (Lipinski definition) is 11. The molecule has 0 unspecified atom stereocenters. The number of rotatable bonds is 36. The third-order valence-electron chi connectivity index (χ3n) is 9.44. The monoisotopic (exact) mass is 1000 g/mol. The number of carbonyl (C=O) groups is 10. The summed E-state index contributed by atoms with van der Waals surface area (Å²) in [6, 6.07) is 0. The predicted molar refractivity (Wildman–Crippen MR) is 292 cm³/mol. The fourth-order valence-corrected chi connectivity index (χ4v) is 5.81. The van der Waals surface area contributed by atoms with Crippen LogP contribution in [0.3, 0.4) is 0 Å². The van der Waals surface area contributed by atoms with Gasteiger partial charge in [0.25, 0.3) is 0 Å². The molecule has 0 saturated heterocycles. The van der Waals surface area contributed by atoms with E-state index in [0.29, 0.717) is 65.2 Å². The molecule has 402 valence electrons. The number of unbranched alkanes of at least 4 members (excludes halogenated alkanes) is 4. The second-order valence-electron chi connectivity index (χ2n) is 16.6. The van der Waals surface area contributed by atoms with Crippen molar-refractivity contribution in [2.24, 2.45) is 0 Å². The maximum atomic E-state index is 12.1. The second kappa shape index (κ2) is 49.5. The zero-order valence-corrected chi connectivity index (χ0v) is 45.4. The minimum absolute atomic E-state index is 0.0970. The van der Waals surface area contributed by atoms with Crippen molar-refractivity contribution in [1.82, 2.24) is 24.5 Å². The van der Waals surface area contributed by atoms with Gasteiger partial charge in [-0.3, -0.25) is 52.8 Å². The highest BCUT2D eigenvalue weighted by molar-refractivity contribution is 5.99. The molecule has 0 aliphatic heterocycles. The molecule has 0 bridgehead atoms. The topological polar surface area (TPSA) is 187 Å². The molecule has 0 atom stereocenters. The molecule has 0 aromatic heterocycles. The second-order valence-corrected chi connectivity index (χ2v) is 16.6. The summed E-state index contributed by atoms with van der Waals surface area (Å²) < 4.78 is 0. The zero-order valence-electron chi connectivity index (χ0n) is 45.4. The van der Waals surface area contributed by atoms with E-state index in [1.54, 1.807) is 37.8 Å². The van der Waals surface area contributed by atoms with Gasteiger partial charge in [0.2, 0.25) is 23.6 Å². The summed E-state index contributed by atoms with van der Waals surface area (Å²) in [6.07, 6.45) is 28.4. The van der Waals surface area contributed by atoms with Gasteiger partial charge in [-0.15, -0.1) is 26.3 Å². The molecule has 15 nitrogen and oxygen atoms in total. The zero-order chi connectivity index (χ0) is 55.7. The fraction of sp³-hybridized carbons (Fsp3) is 0.509. The predicted octanol–water partition coefficient (Wildman–Crippen LogP) is 8.19. The molecule has 4 amide bonds. The smallest absolute Gasteiger partial charge is 0.246 e. The molecule has 0 saturated carbocycles. The lowest BCUT2D eigenvalue weighted by Gasteiger charge is -2.22. The average Bonchev–Trinajstić information content (AvgIpc) is 3.32. The lowest BCUT2D eigenvalue weighted by molar-refractivity contribution is -0.127. The molecule has 0 aromatic carbocycles. The van der Waals surface area contributed by atoms with Crippen molar-refractivity contribution < 1.29 is 47.9 Å². The van der Waals surface area contributed by atoms with Gasteiger partial charge < -0.3 is 19.6 Å². The first-order chi connectivity index (χ1) is 34.1. The Bertz CT molecular complexity index is 1780. The average molecular weight is 1000 g/mol. The van der Waals surface area contributed by atoms with Crippen molar-refractivity contribution >= 4 is 58.3 Å². The SMILES string of the molecule is C=CCN(CCCC)CCCC.C=CCN(CCCCN(CC=C)C(=O)/C=C/C(C)=O)C(=O)/C=C/C(C)=O.C=CCN(CCCCN(CCC)C(=O)/C=C/C(C)=O)C(=O)/C=C/C(C)=O.CC(=O)/C=C/C(C)=O. The van der Waals surface area contributed by atoms with Crippen LogP contribution in [0.5, 0.6) is 0 Å². The number of nitrogens with zero attached hydrogens (tertiary/aromatic N) is 5. The van der Waals surface area contributed by atoms with E-state index < -0.39 is 0 Å². The summed E-state index contributed by atoms with van der Waals surface area (Å²) in [5, 5.41) is 0. The van der Waals surface area contributed by atoms with Crippen LogP contribution >= 0.6 is 0 Å². The minimum atomic E-state index is -0.247. The van der Waals surface area contributed by atoms with E-state index in [4.69, 9.17) is 0 Å². The largest absolute Gasteiger partial charge is 0.339 e. The van der Waals surface area contributed by atoms with E-state index in [9.17, 15) is 47.9 Å². The molecule has 0 spiro atoms. The van der Waals surface area contributed by atoms with Gasteiger partial charge in [0.15, 0.2) is 34.7 Å². The van der Waals surface area contributed by atoms with Crippen LogP contribution in [-0.2, 0) is 47.9 Å². The normalized spacial score (nSPS) is 10.6. The number of hydrogen-bond donors (Lipinski definition) is 0. The lowest BCUT2D eigenvalue weighted by atomic mass is 10.2. The van der Waals surface area contributed by atoms with Crippen LogP contribution in [-0.4, -0.2) is 155 Å². The van der Waals surface area contributed by atoms with Crippen LogP contribution in [0.4, 0.5) is 0 Å². The maximum absolute atomic E-state index is 12.1. The molecule has 72 heavy (non-hydrogen) atoms. The highest BCUT2D eigenvalue weighted by Crippen LogP contribution is 2.05. The molecule has 0 aliphatic carbocycles. The number of ketones is 6. The minimum Gasteiger partial charge on any atom is -0.339 e. The van der Waals surface area contributed by atoms with E-state index >= 15 is 0 Å². The van der Waals surface area contributed by atoms with Gasteiger partial charge in [-0.2, -0.15) is 0 Å². The summed E-state index contributed by atoms with van der Waals surface area (Å²) in [7, 11) is 0. The highest BCUT2D eigenvalue weighted by Gasteiger charge is 2.14. The summed E-state index contributed by atoms with van der Waals surface area (Å²) in [5.41, 5.74) is 0. The molecule has 0 rings (SSSR count). The molecule has 0 heterocycles. The standard InChI is InChI=1S/C20H30N2O4.C20H28N2O4.C11H23N.C6H8O2/c2*1-5-13-21(19(25)11-9-17(3)23)15-7-8-16-22(14-6-2)20(26)12-10-18(4)24;1-4-7-10-12(9-6-3)11-8-5-2;1-5(7)3-4-6(2)8/h5,9-12H,1,6-8,13-16H2,2-4H3;5-6,9-12H,1-2,7-8,13-16H2,3-4H3;6H,3-5,7-11H2,1-2H3;3-4H,1-2H3/b2*11-9+,12-10+;;4-3+. The Hall–Kier alpha value is -6.48. The van der Waals surface area contributed by atoms with Gasteiger partial charge in [0.1, 0.15) is 0 Å². The summed E-state index contributed by atoms with van der Waals surface area (Å²) in [5.74, 6) is -1.80. The van der Waals surface area contributed by atoms with Crippen molar-refractivity contribution in [3.63, 3.8) is 0 Å². The van der Waals surface area contributed by atoms with Crippen molar-refractivity contribution in [3.05, 3.63) is 111 Å². The molecule has 0 N–H and O–H groups in total. The number of allylic oxidation sites excluding steroid dienone is 6. The summed E-state index contributed by atoms with van der Waals surface area (Å²) in [6.45, 7) is 36.9. The number of carbonyl (C=O) groups excluding carboxylic acids is 10. The molecule has 15 heteroatoms. The quantitative estimate of drug-likeness (QED) is 0.0335. The Balaban J connectivity index is -0.000000469. The van der Waals surface area contributed by atoms with Gasteiger partial charge in [-0.1, -0.05) is 57.9 Å². The van der Waals surface area contributed by atoms with Crippen molar-refractivity contribution in [1.29, 1.82) is 0 Å². The van der Waals surface area contributed by atoms with E-state index in [1.807, 2.05) is 13.0 Å². The van der Waals surface area contributed by atoms with Gasteiger partial charge >= 0.3 is 0 Å². The van der Waals surface area contributed by atoms with E-state index in [1.165, 1.54) is 141 Å². The molecule has 0 radical (unpaired) electrons. The lowest BCUT2D eigenvalue weighted by Crippen LogP contribution is -2.33. The first-order valence-corrected chi connectivity index (χ1v) is 24.9. The molecular weight excluding hydrogens is 915 g/mol. The third-order valence-corrected chi connectivity index (χ3v) is 9.44. The van der Waals surface area contributed by atoms with E-state index in [-0.39, 0.29) is 58.3 Å². The summed E-state index contributed by atoms with van der Waals surface area (Å²) >= 11 is 0. The van der Waals surface area contributed by atoms with Crippen molar-refractivity contribution in [2.45, 2.75) is 120 Å². The van der Waals surface area contributed by atoms with E-state index in [0.717, 1.165) is 25.8 Å². The van der Waals surface area contributed by atoms with Gasteiger partial charge in [0.05, 0.1) is 0 Å². The Kier molecular flexibility index (Phi) is 49.5. The Morgan fingerprint density at radius 2 is 0.528 bits per heavy atom. The Morgan fingerprint density at radius 1 is 0.292 bits per heavy atom. The Morgan fingerprint density at radius 3 is 0.750 bits per heavy atom. The van der Waals surface area contributed by atoms with Gasteiger partial charge in [-0.05, 0) is 136 Å². The van der Waals surface area contributed by atoms with Crippen LogP contribution in [0.25, 0.3) is 0 Å². The molecule has 0 aliphatic rings. The number of amides is 4.